The SMILES string of the molecule is Fc1cccc(F)c1Cc1nnc(CCCl)o1. The molecule has 0 saturated carbocycles. The van der Waals surface area contributed by atoms with E-state index in [1.54, 1.807) is 0 Å². The van der Waals surface area contributed by atoms with Crippen molar-refractivity contribution in [1.82, 2.24) is 10.2 Å². The summed E-state index contributed by atoms with van der Waals surface area (Å²) in [5.74, 6) is -0.347. The van der Waals surface area contributed by atoms with Gasteiger partial charge in [-0.2, -0.15) is 0 Å². The molecule has 0 aliphatic carbocycles. The van der Waals surface area contributed by atoms with Gasteiger partial charge in [-0.1, -0.05) is 6.07 Å². The molecule has 0 aliphatic heterocycles. The Balaban J connectivity index is 2.19. The van der Waals surface area contributed by atoms with Gasteiger partial charge in [0, 0.05) is 17.9 Å². The number of aromatic nitrogens is 2. The van der Waals surface area contributed by atoms with Crippen LogP contribution >= 0.6 is 11.6 Å². The molecule has 1 heterocycles. The molecule has 0 aliphatic rings. The molecule has 0 N–H and O–H groups in total. The summed E-state index contributed by atoms with van der Waals surface area (Å²) in [6, 6.07) is 3.68. The second kappa shape index (κ2) is 5.23. The van der Waals surface area contributed by atoms with Crippen molar-refractivity contribution < 1.29 is 13.2 Å². The van der Waals surface area contributed by atoms with E-state index in [0.29, 0.717) is 18.2 Å². The Morgan fingerprint density at radius 1 is 1.12 bits per heavy atom. The molecule has 0 bridgehead atoms. The van der Waals surface area contributed by atoms with Crippen LogP contribution in [0.5, 0.6) is 0 Å². The number of hydrogen-bond acceptors (Lipinski definition) is 3. The summed E-state index contributed by atoms with van der Waals surface area (Å²) in [4.78, 5) is 0. The first-order valence-corrected chi connectivity index (χ1v) is 5.54. The fourth-order valence-corrected chi connectivity index (χ4v) is 1.56. The predicted octanol–water partition coefficient (Wildman–Crippen LogP) is 2.72. The third kappa shape index (κ3) is 2.79. The van der Waals surface area contributed by atoms with Gasteiger partial charge in [-0.25, -0.2) is 8.78 Å². The number of rotatable bonds is 4. The Bertz CT molecular complexity index is 496. The van der Waals surface area contributed by atoms with E-state index in [1.807, 2.05) is 0 Å². The molecule has 1 aromatic heterocycles. The Hall–Kier alpha value is -1.49. The first kappa shape index (κ1) is 12.0. The summed E-state index contributed by atoms with van der Waals surface area (Å²) in [5.41, 5.74) is -0.0754. The lowest BCUT2D eigenvalue weighted by Gasteiger charge is -2.00. The van der Waals surface area contributed by atoms with E-state index in [4.69, 9.17) is 16.0 Å². The lowest BCUT2D eigenvalue weighted by molar-refractivity contribution is 0.455. The lowest BCUT2D eigenvalue weighted by atomic mass is 10.1. The van der Waals surface area contributed by atoms with Crippen molar-refractivity contribution in [2.75, 3.05) is 5.88 Å². The quantitative estimate of drug-likeness (QED) is 0.792. The van der Waals surface area contributed by atoms with Crippen LogP contribution < -0.4 is 0 Å². The van der Waals surface area contributed by atoms with Crippen LogP contribution in [0.15, 0.2) is 22.6 Å². The smallest absolute Gasteiger partial charge is 0.221 e. The molecule has 0 fully saturated rings. The molecule has 90 valence electrons. The van der Waals surface area contributed by atoms with Crippen molar-refractivity contribution in [3.63, 3.8) is 0 Å². The average molecular weight is 259 g/mol. The van der Waals surface area contributed by atoms with E-state index in [9.17, 15) is 8.78 Å². The standard InChI is InChI=1S/C11H9ClF2N2O/c12-5-4-10-15-16-11(17-10)6-7-8(13)2-1-3-9(7)14/h1-3H,4-6H2. The third-order valence-corrected chi connectivity index (χ3v) is 2.40. The Morgan fingerprint density at radius 2 is 1.76 bits per heavy atom. The second-order valence-electron chi connectivity index (χ2n) is 3.41. The average Bonchev–Trinajstić information content (AvgIpc) is 2.72. The number of nitrogens with zero attached hydrogens (tertiary/aromatic N) is 2. The van der Waals surface area contributed by atoms with Gasteiger partial charge in [-0.05, 0) is 12.1 Å². The molecule has 0 spiro atoms. The minimum Gasteiger partial charge on any atom is -0.425 e. The van der Waals surface area contributed by atoms with Gasteiger partial charge in [-0.15, -0.1) is 21.8 Å². The molecule has 2 aromatic rings. The second-order valence-corrected chi connectivity index (χ2v) is 3.78. The maximum absolute atomic E-state index is 13.3. The van der Waals surface area contributed by atoms with Gasteiger partial charge >= 0.3 is 0 Å². The van der Waals surface area contributed by atoms with Crippen molar-refractivity contribution in [2.24, 2.45) is 0 Å². The summed E-state index contributed by atoms with van der Waals surface area (Å²) in [6.07, 6.45) is 0.377. The van der Waals surface area contributed by atoms with Crippen LogP contribution in [0.2, 0.25) is 0 Å². The van der Waals surface area contributed by atoms with Crippen LogP contribution in [0, 0.1) is 11.6 Å². The van der Waals surface area contributed by atoms with E-state index >= 15 is 0 Å². The van der Waals surface area contributed by atoms with E-state index in [2.05, 4.69) is 10.2 Å². The highest BCUT2D eigenvalue weighted by atomic mass is 35.5. The summed E-state index contributed by atoms with van der Waals surface area (Å²) in [7, 11) is 0. The summed E-state index contributed by atoms with van der Waals surface area (Å²) >= 11 is 5.51. The van der Waals surface area contributed by atoms with Gasteiger partial charge in [-0.3, -0.25) is 0 Å². The molecule has 3 nitrogen and oxygen atoms in total. The maximum Gasteiger partial charge on any atom is 0.221 e. The minimum absolute atomic E-state index is 0.0617. The molecule has 17 heavy (non-hydrogen) atoms. The zero-order chi connectivity index (χ0) is 12.3. The van der Waals surface area contributed by atoms with Gasteiger partial charge in [0.2, 0.25) is 11.8 Å². The molecule has 1 aromatic carbocycles. The minimum atomic E-state index is -0.623. The first-order chi connectivity index (χ1) is 8.20. The van der Waals surface area contributed by atoms with E-state index in [0.717, 1.165) is 0 Å². The first-order valence-electron chi connectivity index (χ1n) is 5.01. The van der Waals surface area contributed by atoms with Crippen LogP contribution in [0.3, 0.4) is 0 Å². The van der Waals surface area contributed by atoms with Gasteiger partial charge in [0.1, 0.15) is 11.6 Å². The van der Waals surface area contributed by atoms with E-state index in [1.165, 1.54) is 18.2 Å². The fourth-order valence-electron chi connectivity index (χ4n) is 1.39. The van der Waals surface area contributed by atoms with Gasteiger partial charge in [0.25, 0.3) is 0 Å². The Kier molecular flexibility index (Phi) is 3.68. The van der Waals surface area contributed by atoms with Crippen LogP contribution in [0.1, 0.15) is 17.3 Å². The molecule has 0 unspecified atom stereocenters. The maximum atomic E-state index is 13.3. The van der Waals surface area contributed by atoms with E-state index < -0.39 is 11.6 Å². The van der Waals surface area contributed by atoms with Crippen molar-refractivity contribution in [3.8, 4) is 0 Å². The van der Waals surface area contributed by atoms with Crippen LogP contribution in [0.4, 0.5) is 8.78 Å². The molecule has 0 saturated heterocycles. The summed E-state index contributed by atoms with van der Waals surface area (Å²) < 4.78 is 31.9. The molecule has 0 amide bonds. The van der Waals surface area contributed by atoms with Crippen LogP contribution in [0.25, 0.3) is 0 Å². The molecular formula is C11H9ClF2N2O. The number of aryl methyl sites for hydroxylation is 1. The normalized spacial score (nSPS) is 10.8. The topological polar surface area (TPSA) is 38.9 Å². The highest BCUT2D eigenvalue weighted by molar-refractivity contribution is 6.17. The van der Waals surface area contributed by atoms with Crippen LogP contribution in [-0.4, -0.2) is 16.1 Å². The number of hydrogen-bond donors (Lipinski definition) is 0. The van der Waals surface area contributed by atoms with Gasteiger partial charge < -0.3 is 4.42 Å². The zero-order valence-electron chi connectivity index (χ0n) is 8.79. The number of alkyl halides is 1. The highest BCUT2D eigenvalue weighted by Gasteiger charge is 2.13. The predicted molar refractivity (Wildman–Crippen MR) is 57.9 cm³/mol. The fraction of sp³-hybridized carbons (Fsp3) is 0.273. The van der Waals surface area contributed by atoms with Crippen molar-refractivity contribution in [2.45, 2.75) is 12.8 Å². The molecule has 0 radical (unpaired) electrons. The van der Waals surface area contributed by atoms with Gasteiger partial charge in [0.05, 0.1) is 6.42 Å². The Labute approximate surface area is 101 Å². The van der Waals surface area contributed by atoms with Crippen molar-refractivity contribution >= 4 is 11.6 Å². The highest BCUT2D eigenvalue weighted by Crippen LogP contribution is 2.16. The molecule has 0 atom stereocenters. The van der Waals surface area contributed by atoms with E-state index in [-0.39, 0.29) is 17.9 Å². The summed E-state index contributed by atoms with van der Waals surface area (Å²) in [6.45, 7) is 0. The number of halogens is 3. The molecule has 6 heteroatoms. The van der Waals surface area contributed by atoms with Crippen molar-refractivity contribution in [1.29, 1.82) is 0 Å². The van der Waals surface area contributed by atoms with Crippen molar-refractivity contribution in [3.05, 3.63) is 47.2 Å². The zero-order valence-corrected chi connectivity index (χ0v) is 9.55. The van der Waals surface area contributed by atoms with Gasteiger partial charge in [0.15, 0.2) is 0 Å². The number of benzene rings is 1. The molecular weight excluding hydrogens is 250 g/mol. The third-order valence-electron chi connectivity index (χ3n) is 2.21. The lowest BCUT2D eigenvalue weighted by Crippen LogP contribution is -1.97. The monoisotopic (exact) mass is 258 g/mol. The summed E-state index contributed by atoms with van der Waals surface area (Å²) in [5, 5.41) is 7.42. The largest absolute Gasteiger partial charge is 0.425 e. The molecule has 2 rings (SSSR count). The Morgan fingerprint density at radius 3 is 2.41 bits per heavy atom. The van der Waals surface area contributed by atoms with Crippen LogP contribution in [-0.2, 0) is 12.8 Å².